The van der Waals surface area contributed by atoms with Crippen LogP contribution in [0.3, 0.4) is 0 Å². The Balaban J connectivity index is 2.59. The van der Waals surface area contributed by atoms with Crippen molar-refractivity contribution in [2.45, 2.75) is 76.4 Å². The fourth-order valence-electron chi connectivity index (χ4n) is 2.63. The number of aliphatic hydroxyl groups is 1. The van der Waals surface area contributed by atoms with E-state index in [9.17, 15) is 9.90 Å². The van der Waals surface area contributed by atoms with Crippen LogP contribution in [0.5, 0.6) is 0 Å². The number of rotatable bonds is 7. The highest BCUT2D eigenvalue weighted by Gasteiger charge is 2.36. The Morgan fingerprint density at radius 1 is 1.44 bits per heavy atom. The molecule has 1 aliphatic carbocycles. The minimum Gasteiger partial charge on any atom is -0.457 e. The molecule has 0 saturated heterocycles. The summed E-state index contributed by atoms with van der Waals surface area (Å²) in [5.74, 6) is -0.479. The van der Waals surface area contributed by atoms with Crippen LogP contribution in [0.2, 0.25) is 0 Å². The summed E-state index contributed by atoms with van der Waals surface area (Å²) < 4.78 is 5.66. The molecular weight excluding hydrogens is 228 g/mol. The average Bonchev–Trinajstić information content (AvgIpc) is 2.38. The van der Waals surface area contributed by atoms with Crippen molar-refractivity contribution in [3.05, 3.63) is 12.7 Å². The molecule has 0 aromatic rings. The first-order valence-corrected chi connectivity index (χ1v) is 7.15. The van der Waals surface area contributed by atoms with Gasteiger partial charge in [0, 0.05) is 6.42 Å². The predicted molar refractivity (Wildman–Crippen MR) is 72.3 cm³/mol. The van der Waals surface area contributed by atoms with Crippen LogP contribution in [0, 0.1) is 0 Å². The van der Waals surface area contributed by atoms with Crippen LogP contribution >= 0.6 is 0 Å². The van der Waals surface area contributed by atoms with Crippen LogP contribution in [0.25, 0.3) is 0 Å². The van der Waals surface area contributed by atoms with Crippen LogP contribution in [-0.4, -0.2) is 22.8 Å². The van der Waals surface area contributed by atoms with E-state index in [0.29, 0.717) is 0 Å². The Kier molecular flexibility index (Phi) is 6.41. The molecule has 0 heterocycles. The molecule has 104 valence electrons. The van der Waals surface area contributed by atoms with E-state index in [2.05, 4.69) is 13.5 Å². The lowest BCUT2D eigenvalue weighted by Gasteiger charge is -2.37. The summed E-state index contributed by atoms with van der Waals surface area (Å²) in [5.41, 5.74) is -0.312. The Hall–Kier alpha value is -0.830. The summed E-state index contributed by atoms with van der Waals surface area (Å²) >= 11 is 0. The molecule has 1 saturated carbocycles. The highest BCUT2D eigenvalue weighted by atomic mass is 16.6. The fourth-order valence-corrected chi connectivity index (χ4v) is 2.63. The molecule has 1 N–H and O–H groups in total. The number of esters is 1. The van der Waals surface area contributed by atoms with Crippen molar-refractivity contribution in [2.75, 3.05) is 0 Å². The van der Waals surface area contributed by atoms with Crippen molar-refractivity contribution in [1.82, 2.24) is 0 Å². The fraction of sp³-hybridized carbons (Fsp3) is 0.800. The number of unbranched alkanes of at least 4 members (excludes halogenated alkanes) is 1. The average molecular weight is 254 g/mol. The number of aliphatic hydroxyl groups excluding tert-OH is 1. The molecule has 1 aliphatic rings. The first-order valence-electron chi connectivity index (χ1n) is 7.15. The number of ether oxygens (including phenoxy) is 1. The van der Waals surface area contributed by atoms with Gasteiger partial charge < -0.3 is 9.84 Å². The van der Waals surface area contributed by atoms with Crippen molar-refractivity contribution in [3.8, 4) is 0 Å². The van der Waals surface area contributed by atoms with Gasteiger partial charge in [0.25, 0.3) is 0 Å². The van der Waals surface area contributed by atoms with E-state index in [1.54, 1.807) is 6.08 Å². The van der Waals surface area contributed by atoms with Gasteiger partial charge in [-0.25, -0.2) is 4.79 Å². The quantitative estimate of drug-likeness (QED) is 0.560. The normalized spacial score (nSPS) is 20.1. The van der Waals surface area contributed by atoms with Gasteiger partial charge in [0.05, 0.1) is 0 Å². The maximum Gasteiger partial charge on any atom is 0.335 e. The van der Waals surface area contributed by atoms with Gasteiger partial charge in [-0.3, -0.25) is 0 Å². The lowest BCUT2D eigenvalue weighted by atomic mass is 9.81. The van der Waals surface area contributed by atoms with Gasteiger partial charge in [0.2, 0.25) is 0 Å². The van der Waals surface area contributed by atoms with Crippen LogP contribution < -0.4 is 0 Å². The van der Waals surface area contributed by atoms with Gasteiger partial charge in [-0.05, 0) is 38.5 Å². The molecule has 1 unspecified atom stereocenters. The van der Waals surface area contributed by atoms with E-state index in [-0.39, 0.29) is 12.0 Å². The molecule has 18 heavy (non-hydrogen) atoms. The summed E-state index contributed by atoms with van der Waals surface area (Å²) in [6.07, 6.45) is 9.22. The largest absolute Gasteiger partial charge is 0.457 e. The van der Waals surface area contributed by atoms with Gasteiger partial charge in [-0.2, -0.15) is 0 Å². The zero-order valence-electron chi connectivity index (χ0n) is 11.5. The monoisotopic (exact) mass is 254 g/mol. The van der Waals surface area contributed by atoms with Crippen molar-refractivity contribution < 1.29 is 14.6 Å². The molecule has 3 heteroatoms. The molecule has 0 bridgehead atoms. The van der Waals surface area contributed by atoms with E-state index >= 15 is 0 Å². The van der Waals surface area contributed by atoms with Crippen LogP contribution in [0.4, 0.5) is 0 Å². The number of hydrogen-bond acceptors (Lipinski definition) is 3. The van der Waals surface area contributed by atoms with Gasteiger partial charge in [-0.15, -0.1) is 6.58 Å². The lowest BCUT2D eigenvalue weighted by molar-refractivity contribution is -0.174. The third-order valence-electron chi connectivity index (χ3n) is 3.73. The van der Waals surface area contributed by atoms with Crippen molar-refractivity contribution in [3.63, 3.8) is 0 Å². The van der Waals surface area contributed by atoms with Crippen molar-refractivity contribution in [1.29, 1.82) is 0 Å². The molecule has 0 aliphatic heterocycles. The molecule has 3 nitrogen and oxygen atoms in total. The second-order valence-corrected chi connectivity index (χ2v) is 5.31. The SMILES string of the molecule is C=CCC(O)C(=O)OC1(CCCC)CCCCC1. The highest BCUT2D eigenvalue weighted by Crippen LogP contribution is 2.36. The summed E-state index contributed by atoms with van der Waals surface area (Å²) in [6.45, 7) is 5.67. The Morgan fingerprint density at radius 2 is 2.11 bits per heavy atom. The number of hydrogen-bond donors (Lipinski definition) is 1. The second-order valence-electron chi connectivity index (χ2n) is 5.31. The topological polar surface area (TPSA) is 46.5 Å². The summed E-state index contributed by atoms with van der Waals surface area (Å²) in [4.78, 5) is 11.8. The zero-order chi connectivity index (χ0) is 13.4. The lowest BCUT2D eigenvalue weighted by Crippen LogP contribution is -2.40. The highest BCUT2D eigenvalue weighted by molar-refractivity contribution is 5.75. The third-order valence-corrected chi connectivity index (χ3v) is 3.73. The molecule has 1 fully saturated rings. The summed E-state index contributed by atoms with van der Waals surface area (Å²) in [6, 6.07) is 0. The molecule has 1 atom stereocenters. The van der Waals surface area contributed by atoms with Crippen LogP contribution in [0.15, 0.2) is 12.7 Å². The minimum atomic E-state index is -1.05. The summed E-state index contributed by atoms with van der Waals surface area (Å²) in [7, 11) is 0. The van der Waals surface area contributed by atoms with Crippen molar-refractivity contribution in [2.24, 2.45) is 0 Å². The first kappa shape index (κ1) is 15.2. The molecule has 0 aromatic heterocycles. The summed E-state index contributed by atoms with van der Waals surface area (Å²) in [5, 5.41) is 9.64. The van der Waals surface area contributed by atoms with Gasteiger partial charge in [-0.1, -0.05) is 25.8 Å². The number of carbonyl (C=O) groups excluding carboxylic acids is 1. The van der Waals surface area contributed by atoms with Crippen molar-refractivity contribution >= 4 is 5.97 Å². The molecule has 0 aromatic carbocycles. The van der Waals surface area contributed by atoms with E-state index < -0.39 is 12.1 Å². The molecule has 0 spiro atoms. The minimum absolute atomic E-state index is 0.267. The standard InChI is InChI=1S/C15H26O3/c1-3-5-10-15(11-7-6-8-12-15)18-14(17)13(16)9-4-2/h4,13,16H,2-3,5-12H2,1H3. The van der Waals surface area contributed by atoms with Crippen LogP contribution in [-0.2, 0) is 9.53 Å². The molecule has 1 rings (SSSR count). The predicted octanol–water partition coefficient (Wildman–Crippen LogP) is 3.36. The maximum atomic E-state index is 11.8. The number of carbonyl (C=O) groups is 1. The van der Waals surface area contributed by atoms with E-state index in [1.165, 1.54) is 6.42 Å². The third kappa shape index (κ3) is 4.45. The van der Waals surface area contributed by atoms with Gasteiger partial charge in [0.15, 0.2) is 6.10 Å². The zero-order valence-corrected chi connectivity index (χ0v) is 11.5. The molecular formula is C15H26O3. The van der Waals surface area contributed by atoms with E-state index in [4.69, 9.17) is 4.74 Å². The van der Waals surface area contributed by atoms with Crippen LogP contribution in [0.1, 0.15) is 64.7 Å². The Bertz CT molecular complexity index is 267. The molecule has 0 amide bonds. The van der Waals surface area contributed by atoms with E-state index in [1.807, 2.05) is 0 Å². The Labute approximate surface area is 110 Å². The second kappa shape index (κ2) is 7.57. The van der Waals surface area contributed by atoms with Gasteiger partial charge >= 0.3 is 5.97 Å². The maximum absolute atomic E-state index is 11.8. The Morgan fingerprint density at radius 3 is 2.67 bits per heavy atom. The smallest absolute Gasteiger partial charge is 0.335 e. The van der Waals surface area contributed by atoms with Gasteiger partial charge in [0.1, 0.15) is 5.60 Å². The van der Waals surface area contributed by atoms with E-state index in [0.717, 1.165) is 44.9 Å². The molecule has 0 radical (unpaired) electrons. The first-order chi connectivity index (χ1) is 8.63.